The van der Waals surface area contributed by atoms with E-state index in [9.17, 15) is 0 Å². The molecular weight excluding hydrogens is 382 g/mol. The van der Waals surface area contributed by atoms with Gasteiger partial charge in [0.25, 0.3) is 0 Å². The number of benzene rings is 2. The summed E-state index contributed by atoms with van der Waals surface area (Å²) in [4.78, 5) is 13.5. The maximum absolute atomic E-state index is 6.07. The van der Waals surface area contributed by atoms with Crippen molar-refractivity contribution in [1.29, 1.82) is 0 Å². The number of nitrogens with zero attached hydrogens (tertiary/aromatic N) is 5. The van der Waals surface area contributed by atoms with Crippen LogP contribution in [0, 0.1) is 0 Å². The molecule has 4 heterocycles. The van der Waals surface area contributed by atoms with Gasteiger partial charge in [0.15, 0.2) is 23.6 Å². The van der Waals surface area contributed by atoms with Gasteiger partial charge in [-0.3, -0.25) is 9.88 Å². The minimum Gasteiger partial charge on any atom is -0.489 e. The molecule has 2 aliphatic rings. The van der Waals surface area contributed by atoms with Gasteiger partial charge < -0.3 is 19.8 Å². The minimum absolute atomic E-state index is 0.329. The summed E-state index contributed by atoms with van der Waals surface area (Å²) in [7, 11) is 0. The Kier molecular flexibility index (Phi) is 3.67. The Balaban J connectivity index is 1.47. The van der Waals surface area contributed by atoms with E-state index in [4.69, 9.17) is 20.2 Å². The van der Waals surface area contributed by atoms with Crippen LogP contribution in [0.3, 0.4) is 0 Å². The summed E-state index contributed by atoms with van der Waals surface area (Å²) < 4.78 is 15.7. The Morgan fingerprint density at radius 1 is 1.07 bits per heavy atom. The van der Waals surface area contributed by atoms with Crippen LogP contribution in [0.25, 0.3) is 16.7 Å². The van der Waals surface area contributed by atoms with E-state index in [2.05, 4.69) is 15.3 Å². The van der Waals surface area contributed by atoms with Gasteiger partial charge in [-0.1, -0.05) is 12.1 Å². The molecule has 0 saturated carbocycles. The molecule has 0 spiro atoms. The molecule has 2 aromatic heterocycles. The third-order valence-electron chi connectivity index (χ3n) is 5.30. The lowest BCUT2D eigenvalue weighted by atomic mass is 10.1. The first-order chi connectivity index (χ1) is 14.8. The van der Waals surface area contributed by atoms with Crippen LogP contribution < -0.4 is 20.5 Å². The van der Waals surface area contributed by atoms with Crippen molar-refractivity contribution in [2.45, 2.75) is 12.6 Å². The number of fused-ring (bicyclic) bond motifs is 4. The predicted octanol–water partition coefficient (Wildman–Crippen LogP) is 2.67. The normalized spacial score (nSPS) is 17.7. The van der Waals surface area contributed by atoms with E-state index in [-0.39, 0.29) is 6.17 Å². The van der Waals surface area contributed by atoms with E-state index in [1.807, 2.05) is 51.7 Å². The molecule has 0 amide bonds. The fourth-order valence-electron chi connectivity index (χ4n) is 3.88. The van der Waals surface area contributed by atoms with E-state index in [1.165, 1.54) is 0 Å². The molecule has 9 heteroatoms. The first-order valence-electron chi connectivity index (χ1n) is 9.76. The second-order valence-electron chi connectivity index (χ2n) is 7.22. The number of anilines is 1. The summed E-state index contributed by atoms with van der Waals surface area (Å²) in [5.74, 6) is 2.40. The van der Waals surface area contributed by atoms with Gasteiger partial charge in [-0.15, -0.1) is 0 Å². The zero-order valence-electron chi connectivity index (χ0n) is 16.0. The molecule has 30 heavy (non-hydrogen) atoms. The quantitative estimate of drug-likeness (QED) is 0.535. The number of guanidine groups is 1. The van der Waals surface area contributed by atoms with Crippen molar-refractivity contribution in [3.63, 3.8) is 0 Å². The Bertz CT molecular complexity index is 1260. The van der Waals surface area contributed by atoms with Crippen molar-refractivity contribution < 1.29 is 9.47 Å². The molecule has 9 nitrogen and oxygen atoms in total. The number of aliphatic imine (C=N–C) groups is 1. The fourth-order valence-corrected chi connectivity index (χ4v) is 3.88. The zero-order valence-corrected chi connectivity index (χ0v) is 16.0. The maximum Gasteiger partial charge on any atom is 0.212 e. The van der Waals surface area contributed by atoms with Crippen molar-refractivity contribution in [2.75, 3.05) is 18.5 Å². The van der Waals surface area contributed by atoms with Crippen molar-refractivity contribution in [3.8, 4) is 17.2 Å². The smallest absolute Gasteiger partial charge is 0.212 e. The van der Waals surface area contributed by atoms with Crippen LogP contribution in [0.15, 0.2) is 60.1 Å². The summed E-state index contributed by atoms with van der Waals surface area (Å²) in [6.45, 7) is 1.26. The molecule has 0 saturated heterocycles. The van der Waals surface area contributed by atoms with Crippen LogP contribution in [-0.4, -0.2) is 38.3 Å². The van der Waals surface area contributed by atoms with Gasteiger partial charge in [0.05, 0.1) is 30.6 Å². The van der Waals surface area contributed by atoms with Crippen LogP contribution in [-0.2, 0) is 0 Å². The molecule has 150 valence electrons. The molecule has 0 aliphatic carbocycles. The van der Waals surface area contributed by atoms with Gasteiger partial charge in [-0.05, 0) is 17.7 Å². The van der Waals surface area contributed by atoms with E-state index in [0.717, 1.165) is 34.5 Å². The topological polar surface area (TPSA) is 105 Å². The highest BCUT2D eigenvalue weighted by Crippen LogP contribution is 2.39. The number of hydrogen-bond acceptors (Lipinski definition) is 7. The van der Waals surface area contributed by atoms with Gasteiger partial charge in [0.1, 0.15) is 0 Å². The second-order valence-corrected chi connectivity index (χ2v) is 7.22. The molecule has 0 radical (unpaired) electrons. The molecule has 3 N–H and O–H groups in total. The number of ether oxygens (including phenoxy) is 2. The summed E-state index contributed by atoms with van der Waals surface area (Å²) >= 11 is 0. The third kappa shape index (κ3) is 2.66. The lowest BCUT2D eigenvalue weighted by molar-refractivity contribution is 0.297. The van der Waals surface area contributed by atoms with Crippen LogP contribution in [0.4, 0.5) is 5.95 Å². The van der Waals surface area contributed by atoms with Gasteiger partial charge in [-0.25, -0.2) is 15.0 Å². The molecule has 0 unspecified atom stereocenters. The average molecular weight is 401 g/mol. The van der Waals surface area contributed by atoms with Crippen molar-refractivity contribution in [3.05, 3.63) is 60.7 Å². The number of aromatic nitrogens is 4. The van der Waals surface area contributed by atoms with E-state index in [1.54, 1.807) is 12.5 Å². The number of nitrogens with two attached hydrogens (primary N) is 1. The van der Waals surface area contributed by atoms with Gasteiger partial charge in [0, 0.05) is 36.6 Å². The lowest BCUT2D eigenvalue weighted by Gasteiger charge is -2.24. The first kappa shape index (κ1) is 16.9. The van der Waals surface area contributed by atoms with Crippen molar-refractivity contribution >= 4 is 22.9 Å². The van der Waals surface area contributed by atoms with E-state index >= 15 is 0 Å². The Labute approximate surface area is 171 Å². The van der Waals surface area contributed by atoms with Gasteiger partial charge in [0.2, 0.25) is 5.95 Å². The van der Waals surface area contributed by atoms with E-state index in [0.29, 0.717) is 30.9 Å². The molecule has 0 bridgehead atoms. The Hall–Kier alpha value is -4.01. The first-order valence-corrected chi connectivity index (χ1v) is 9.76. The summed E-state index contributed by atoms with van der Waals surface area (Å²) in [5, 5.41) is 3.07. The minimum atomic E-state index is -0.340. The summed E-state index contributed by atoms with van der Waals surface area (Å²) in [6, 6.07) is 12.0. The Morgan fingerprint density at radius 2 is 1.87 bits per heavy atom. The van der Waals surface area contributed by atoms with Crippen LogP contribution >= 0.6 is 0 Å². The molecular formula is C21H19N7O2. The third-order valence-corrected chi connectivity index (χ3v) is 5.30. The van der Waals surface area contributed by atoms with Crippen LogP contribution in [0.5, 0.6) is 11.5 Å². The molecule has 2 aliphatic heterocycles. The maximum atomic E-state index is 6.07. The Morgan fingerprint density at radius 3 is 2.63 bits per heavy atom. The highest BCUT2D eigenvalue weighted by Gasteiger charge is 2.27. The number of nitrogens with one attached hydrogen (secondary N) is 1. The number of rotatable bonds is 2. The van der Waals surface area contributed by atoms with Crippen LogP contribution in [0.2, 0.25) is 0 Å². The average Bonchev–Trinajstić information content (AvgIpc) is 3.34. The molecule has 0 fully saturated rings. The largest absolute Gasteiger partial charge is 0.489 e. The number of imidazole rings is 2. The summed E-state index contributed by atoms with van der Waals surface area (Å²) in [5.41, 5.74) is 9.79. The molecule has 2 aromatic carbocycles. The molecule has 4 aromatic rings. The SMILES string of the molecule is NC1=N[C@H](c2ccc(-n3ccnc3)cc2)n2c(nc3cc4c(cc32)OCCCO4)N1. The van der Waals surface area contributed by atoms with E-state index < -0.39 is 0 Å². The lowest BCUT2D eigenvalue weighted by Crippen LogP contribution is -2.31. The predicted molar refractivity (Wildman–Crippen MR) is 112 cm³/mol. The van der Waals surface area contributed by atoms with Crippen molar-refractivity contribution in [2.24, 2.45) is 10.7 Å². The monoisotopic (exact) mass is 401 g/mol. The molecule has 6 rings (SSSR count). The standard InChI is InChI=1S/C21H19N7O2/c22-20-25-19(13-2-4-14(5-3-13)27-7-6-23-12-27)28-16-11-18-17(29-8-1-9-30-18)10-15(16)24-21(28)26-20/h2-7,10-12,19H,1,8-9H2,(H3,22,24,25,26)/t19-/m0/s1. The zero-order chi connectivity index (χ0) is 20.1. The van der Waals surface area contributed by atoms with Gasteiger partial charge in [-0.2, -0.15) is 0 Å². The highest BCUT2D eigenvalue weighted by molar-refractivity contribution is 5.95. The highest BCUT2D eigenvalue weighted by atomic mass is 16.5. The molecule has 1 atom stereocenters. The second kappa shape index (κ2) is 6.51. The summed E-state index contributed by atoms with van der Waals surface area (Å²) in [6.07, 6.45) is 5.94. The van der Waals surface area contributed by atoms with Gasteiger partial charge >= 0.3 is 0 Å². The fraction of sp³-hybridized carbons (Fsp3) is 0.190. The van der Waals surface area contributed by atoms with Crippen molar-refractivity contribution in [1.82, 2.24) is 19.1 Å². The van der Waals surface area contributed by atoms with Crippen LogP contribution in [0.1, 0.15) is 18.2 Å². The number of hydrogen-bond donors (Lipinski definition) is 2.